The predicted molar refractivity (Wildman–Crippen MR) is 46.0 cm³/mol. The van der Waals surface area contributed by atoms with Crippen LogP contribution in [0.1, 0.15) is 0 Å². The van der Waals surface area contributed by atoms with Crippen molar-refractivity contribution in [3.8, 4) is 5.75 Å². The van der Waals surface area contributed by atoms with Crippen molar-refractivity contribution >= 4 is 5.69 Å². The second-order valence-corrected chi connectivity index (χ2v) is 2.25. The number of hydrogen-bond donors (Lipinski definition) is 1. The van der Waals surface area contributed by atoms with E-state index in [-0.39, 0.29) is 0 Å². The largest absolute Gasteiger partial charge is 0.489 e. The van der Waals surface area contributed by atoms with Crippen LogP contribution in [0.4, 0.5) is 5.69 Å². The third-order valence-electron chi connectivity index (χ3n) is 1.36. The first-order valence-electron chi connectivity index (χ1n) is 3.66. The lowest BCUT2D eigenvalue weighted by Crippen LogP contribution is -2.05. The molecule has 1 heterocycles. The fraction of sp³-hybridized carbons (Fsp3) is 0.375. The van der Waals surface area contributed by atoms with Crippen LogP contribution in [-0.4, -0.2) is 25.3 Å². The van der Waals surface area contributed by atoms with Gasteiger partial charge in [0.2, 0.25) is 0 Å². The van der Waals surface area contributed by atoms with Gasteiger partial charge in [0.1, 0.15) is 12.4 Å². The predicted octanol–water partition coefficient (Wildman–Crippen LogP) is 0.689. The summed E-state index contributed by atoms with van der Waals surface area (Å²) in [5, 5.41) is 0. The highest BCUT2D eigenvalue weighted by Gasteiger charge is 1.97. The van der Waals surface area contributed by atoms with Crippen molar-refractivity contribution < 1.29 is 9.47 Å². The highest BCUT2D eigenvalue weighted by Crippen LogP contribution is 2.17. The van der Waals surface area contributed by atoms with E-state index in [1.807, 2.05) is 0 Å². The third kappa shape index (κ3) is 2.39. The maximum Gasteiger partial charge on any atom is 0.145 e. The average Bonchev–Trinajstić information content (AvgIpc) is 2.09. The molecule has 4 nitrogen and oxygen atoms in total. The van der Waals surface area contributed by atoms with Crippen LogP contribution in [0.2, 0.25) is 0 Å². The van der Waals surface area contributed by atoms with Crippen LogP contribution < -0.4 is 10.5 Å². The van der Waals surface area contributed by atoms with Crippen molar-refractivity contribution in [3.63, 3.8) is 0 Å². The molecule has 0 bridgehead atoms. The lowest BCUT2D eigenvalue weighted by molar-refractivity contribution is 0.146. The maximum atomic E-state index is 5.57. The van der Waals surface area contributed by atoms with Crippen LogP contribution in [-0.2, 0) is 4.74 Å². The molecule has 1 aromatic rings. The fourth-order valence-electron chi connectivity index (χ4n) is 0.760. The molecule has 0 aromatic carbocycles. The van der Waals surface area contributed by atoms with Gasteiger partial charge in [0.05, 0.1) is 18.5 Å². The Balaban J connectivity index is 2.46. The molecule has 0 unspecified atom stereocenters. The van der Waals surface area contributed by atoms with E-state index in [9.17, 15) is 0 Å². The molecule has 2 N–H and O–H groups in total. The summed E-state index contributed by atoms with van der Waals surface area (Å²) in [7, 11) is 1.62. The van der Waals surface area contributed by atoms with Gasteiger partial charge in [-0.3, -0.25) is 4.98 Å². The number of rotatable bonds is 4. The molecule has 0 atom stereocenters. The van der Waals surface area contributed by atoms with Gasteiger partial charge in [-0.2, -0.15) is 0 Å². The summed E-state index contributed by atoms with van der Waals surface area (Å²) in [6.45, 7) is 1.06. The van der Waals surface area contributed by atoms with Crippen LogP contribution in [0.5, 0.6) is 5.75 Å². The molecule has 12 heavy (non-hydrogen) atoms. The summed E-state index contributed by atoms with van der Waals surface area (Å²) in [6, 6.07) is 1.73. The van der Waals surface area contributed by atoms with Crippen molar-refractivity contribution in [2.45, 2.75) is 0 Å². The monoisotopic (exact) mass is 168 g/mol. The van der Waals surface area contributed by atoms with E-state index >= 15 is 0 Å². The zero-order chi connectivity index (χ0) is 8.81. The van der Waals surface area contributed by atoms with E-state index in [2.05, 4.69) is 4.98 Å². The summed E-state index contributed by atoms with van der Waals surface area (Å²) < 4.78 is 10.1. The van der Waals surface area contributed by atoms with E-state index in [1.54, 1.807) is 25.6 Å². The van der Waals surface area contributed by atoms with Crippen molar-refractivity contribution in [2.24, 2.45) is 0 Å². The Morgan fingerprint density at radius 3 is 3.00 bits per heavy atom. The van der Waals surface area contributed by atoms with Gasteiger partial charge in [0.15, 0.2) is 0 Å². The Bertz CT molecular complexity index is 240. The zero-order valence-corrected chi connectivity index (χ0v) is 6.99. The molecule has 0 aliphatic carbocycles. The van der Waals surface area contributed by atoms with Gasteiger partial charge in [-0.1, -0.05) is 0 Å². The second-order valence-electron chi connectivity index (χ2n) is 2.25. The normalized spacial score (nSPS) is 9.75. The van der Waals surface area contributed by atoms with E-state index in [0.717, 1.165) is 0 Å². The first-order chi connectivity index (χ1) is 5.84. The van der Waals surface area contributed by atoms with Crippen molar-refractivity contribution in [1.29, 1.82) is 0 Å². The summed E-state index contributed by atoms with van der Waals surface area (Å²) in [5.41, 5.74) is 6.12. The number of nitrogens with two attached hydrogens (primary N) is 1. The number of nitrogens with zero attached hydrogens (tertiary/aromatic N) is 1. The molecule has 0 saturated heterocycles. The van der Waals surface area contributed by atoms with Gasteiger partial charge in [0.25, 0.3) is 0 Å². The maximum absolute atomic E-state index is 5.57. The van der Waals surface area contributed by atoms with Gasteiger partial charge in [0, 0.05) is 19.4 Å². The van der Waals surface area contributed by atoms with Gasteiger partial charge < -0.3 is 15.2 Å². The molecule has 0 aliphatic heterocycles. The van der Waals surface area contributed by atoms with E-state index in [4.69, 9.17) is 15.2 Å². The second kappa shape index (κ2) is 4.56. The summed E-state index contributed by atoms with van der Waals surface area (Å²) in [6.07, 6.45) is 3.20. The zero-order valence-electron chi connectivity index (χ0n) is 6.99. The Morgan fingerprint density at radius 1 is 1.50 bits per heavy atom. The first kappa shape index (κ1) is 8.80. The van der Waals surface area contributed by atoms with Crippen LogP contribution in [0.15, 0.2) is 18.5 Å². The molecular weight excluding hydrogens is 156 g/mol. The molecule has 0 amide bonds. The number of methoxy groups -OCH3 is 1. The Hall–Kier alpha value is -1.29. The number of aromatic nitrogens is 1. The van der Waals surface area contributed by atoms with Crippen LogP contribution in [0.3, 0.4) is 0 Å². The quantitative estimate of drug-likeness (QED) is 0.672. The molecule has 0 radical (unpaired) electrons. The van der Waals surface area contributed by atoms with Gasteiger partial charge in [-0.15, -0.1) is 0 Å². The first-order valence-corrected chi connectivity index (χ1v) is 3.66. The molecule has 0 spiro atoms. The SMILES string of the molecule is COCCOc1ccncc1N. The minimum atomic E-state index is 0.505. The summed E-state index contributed by atoms with van der Waals surface area (Å²) in [4.78, 5) is 3.84. The van der Waals surface area contributed by atoms with Gasteiger partial charge in [-0.05, 0) is 0 Å². The number of nitrogen functional groups attached to an aromatic ring is 1. The smallest absolute Gasteiger partial charge is 0.145 e. The molecule has 1 aromatic heterocycles. The molecular formula is C8H12N2O2. The van der Waals surface area contributed by atoms with Crippen molar-refractivity contribution in [2.75, 3.05) is 26.1 Å². The standard InChI is InChI=1S/C8H12N2O2/c1-11-4-5-12-8-2-3-10-6-7(8)9/h2-3,6H,4-5,9H2,1H3. The van der Waals surface area contributed by atoms with Crippen LogP contribution in [0, 0.1) is 0 Å². The highest BCUT2D eigenvalue weighted by atomic mass is 16.5. The number of hydrogen-bond acceptors (Lipinski definition) is 4. The Kier molecular flexibility index (Phi) is 3.35. The topological polar surface area (TPSA) is 57.4 Å². The van der Waals surface area contributed by atoms with Gasteiger partial charge in [-0.25, -0.2) is 0 Å². The molecule has 1 rings (SSSR count). The Labute approximate surface area is 71.3 Å². The third-order valence-corrected chi connectivity index (χ3v) is 1.36. The molecule has 0 aliphatic rings. The molecule has 66 valence electrons. The summed E-state index contributed by atoms with van der Waals surface area (Å²) in [5.74, 6) is 0.655. The van der Waals surface area contributed by atoms with E-state index in [0.29, 0.717) is 24.7 Å². The molecule has 0 fully saturated rings. The lowest BCUT2D eigenvalue weighted by Gasteiger charge is -2.06. The van der Waals surface area contributed by atoms with Crippen LogP contribution in [0.25, 0.3) is 0 Å². The number of anilines is 1. The van der Waals surface area contributed by atoms with E-state index in [1.165, 1.54) is 0 Å². The molecule has 0 saturated carbocycles. The lowest BCUT2D eigenvalue weighted by atomic mass is 10.4. The number of ether oxygens (including phenoxy) is 2. The minimum absolute atomic E-state index is 0.505. The van der Waals surface area contributed by atoms with E-state index < -0.39 is 0 Å². The average molecular weight is 168 g/mol. The van der Waals surface area contributed by atoms with Gasteiger partial charge >= 0.3 is 0 Å². The minimum Gasteiger partial charge on any atom is -0.489 e. The van der Waals surface area contributed by atoms with Crippen molar-refractivity contribution in [1.82, 2.24) is 4.98 Å². The van der Waals surface area contributed by atoms with Crippen molar-refractivity contribution in [3.05, 3.63) is 18.5 Å². The summed E-state index contributed by atoms with van der Waals surface area (Å²) >= 11 is 0. The fourth-order valence-corrected chi connectivity index (χ4v) is 0.760. The van der Waals surface area contributed by atoms with Crippen LogP contribution >= 0.6 is 0 Å². The Morgan fingerprint density at radius 2 is 2.33 bits per heavy atom. The number of pyridine rings is 1. The highest BCUT2D eigenvalue weighted by molar-refractivity contribution is 5.49. The molecule has 4 heteroatoms.